The molecule has 2 aromatic heterocycles. The van der Waals surface area contributed by atoms with Gasteiger partial charge in [0.2, 0.25) is 11.7 Å². The summed E-state index contributed by atoms with van der Waals surface area (Å²) in [5, 5.41) is 14.7. The number of aryl methyl sites for hydroxylation is 1. The molecule has 4 aromatic rings. The molecule has 7 nitrogen and oxygen atoms in total. The van der Waals surface area contributed by atoms with Crippen molar-refractivity contribution in [3.63, 3.8) is 0 Å². The van der Waals surface area contributed by atoms with Gasteiger partial charge in [-0.15, -0.1) is 0 Å². The zero-order valence-electron chi connectivity index (χ0n) is 18.8. The lowest BCUT2D eigenvalue weighted by molar-refractivity contribution is 0.00750. The fourth-order valence-corrected chi connectivity index (χ4v) is 3.53. The molecule has 0 spiro atoms. The highest BCUT2D eigenvalue weighted by Crippen LogP contribution is 2.17. The second kappa shape index (κ2) is 11.6. The second-order valence-electron chi connectivity index (χ2n) is 8.10. The molecule has 0 saturated carbocycles. The highest BCUT2D eigenvalue weighted by Gasteiger charge is 2.16. The van der Waals surface area contributed by atoms with Crippen molar-refractivity contribution in [3.8, 4) is 11.4 Å². The first-order chi connectivity index (χ1) is 16.2. The van der Waals surface area contributed by atoms with E-state index in [1.807, 2.05) is 73.7 Å². The molecule has 2 heterocycles. The fourth-order valence-electron chi connectivity index (χ4n) is 3.53. The molecular formula is C26H29N3O4. The van der Waals surface area contributed by atoms with Gasteiger partial charge in [-0.1, -0.05) is 65.3 Å². The molecule has 172 valence electrons. The lowest BCUT2D eigenvalue weighted by Gasteiger charge is -2.23. The van der Waals surface area contributed by atoms with Crippen LogP contribution in [0, 0.1) is 6.92 Å². The summed E-state index contributed by atoms with van der Waals surface area (Å²) < 4.78 is 16.7. The maximum atomic E-state index is 10.5. The molecule has 0 radical (unpaired) electrons. The van der Waals surface area contributed by atoms with Crippen LogP contribution in [0.25, 0.3) is 11.4 Å². The average molecular weight is 448 g/mol. The van der Waals surface area contributed by atoms with Crippen molar-refractivity contribution < 1.29 is 18.8 Å². The van der Waals surface area contributed by atoms with Gasteiger partial charge >= 0.3 is 0 Å². The van der Waals surface area contributed by atoms with Gasteiger partial charge in [-0.25, -0.2) is 0 Å². The Hall–Kier alpha value is -3.26. The number of hydrogen-bond donors (Lipinski definition) is 1. The molecule has 0 bridgehead atoms. The van der Waals surface area contributed by atoms with Crippen LogP contribution in [0.1, 0.15) is 22.8 Å². The summed E-state index contributed by atoms with van der Waals surface area (Å²) in [5.41, 5.74) is 3.19. The van der Waals surface area contributed by atoms with E-state index in [-0.39, 0.29) is 6.61 Å². The van der Waals surface area contributed by atoms with Crippen LogP contribution in [-0.2, 0) is 24.3 Å². The number of ether oxygens (including phenoxy) is 1. The van der Waals surface area contributed by atoms with Gasteiger partial charge in [-0.05, 0) is 24.6 Å². The number of benzene rings is 2. The van der Waals surface area contributed by atoms with Gasteiger partial charge in [-0.3, -0.25) is 4.90 Å². The number of aliphatic hydroxyl groups is 1. The van der Waals surface area contributed by atoms with Crippen molar-refractivity contribution >= 4 is 0 Å². The maximum Gasteiger partial charge on any atom is 0.228 e. The Bertz CT molecular complexity index is 1080. The number of aliphatic hydroxyl groups excluding tert-OH is 1. The molecule has 0 aliphatic carbocycles. The lowest BCUT2D eigenvalue weighted by atomic mass is 10.1. The summed E-state index contributed by atoms with van der Waals surface area (Å²) in [7, 11) is 0. The van der Waals surface area contributed by atoms with Crippen molar-refractivity contribution in [1.29, 1.82) is 0 Å². The van der Waals surface area contributed by atoms with Crippen LogP contribution in [0.5, 0.6) is 0 Å². The fraction of sp³-hybridized carbons (Fsp3) is 0.308. The Labute approximate surface area is 193 Å². The van der Waals surface area contributed by atoms with Crippen molar-refractivity contribution in [2.45, 2.75) is 32.6 Å². The van der Waals surface area contributed by atoms with Gasteiger partial charge in [0.05, 0.1) is 32.1 Å². The van der Waals surface area contributed by atoms with E-state index in [0.29, 0.717) is 44.4 Å². The normalized spacial score (nSPS) is 12.3. The maximum absolute atomic E-state index is 10.5. The molecular weight excluding hydrogens is 418 g/mol. The smallest absolute Gasteiger partial charge is 0.228 e. The van der Waals surface area contributed by atoms with Crippen LogP contribution < -0.4 is 0 Å². The highest BCUT2D eigenvalue weighted by atomic mass is 16.5. The highest BCUT2D eigenvalue weighted by molar-refractivity contribution is 5.54. The van der Waals surface area contributed by atoms with E-state index in [0.717, 1.165) is 16.9 Å². The van der Waals surface area contributed by atoms with Crippen molar-refractivity contribution in [2.75, 3.05) is 19.7 Å². The first-order valence-corrected chi connectivity index (χ1v) is 11.1. The van der Waals surface area contributed by atoms with E-state index in [1.165, 1.54) is 5.56 Å². The zero-order valence-corrected chi connectivity index (χ0v) is 18.8. The van der Waals surface area contributed by atoms with Crippen LogP contribution in [0.4, 0.5) is 0 Å². The first kappa shape index (κ1) is 22.9. The van der Waals surface area contributed by atoms with Crippen LogP contribution in [0.3, 0.4) is 0 Å². The molecule has 0 amide bonds. The molecule has 2 aromatic carbocycles. The topological polar surface area (TPSA) is 84.8 Å². The standard InChI is InChI=1S/C26H29N3O4/c1-20-9-11-22(12-10-20)26-27-25(33-28-26)13-14-29(17-24-8-5-15-32-24)16-23(30)19-31-18-21-6-3-2-4-7-21/h2-12,15,23,30H,13-14,16-19H2,1H3/t23-/m1/s1. The molecule has 0 aliphatic heterocycles. The second-order valence-corrected chi connectivity index (χ2v) is 8.10. The predicted molar refractivity (Wildman–Crippen MR) is 124 cm³/mol. The Morgan fingerprint density at radius 1 is 1.03 bits per heavy atom. The van der Waals surface area contributed by atoms with Crippen molar-refractivity contribution in [1.82, 2.24) is 15.0 Å². The van der Waals surface area contributed by atoms with E-state index in [9.17, 15) is 5.11 Å². The number of rotatable bonds is 12. The van der Waals surface area contributed by atoms with Crippen LogP contribution in [0.15, 0.2) is 81.9 Å². The van der Waals surface area contributed by atoms with Crippen LogP contribution in [-0.4, -0.2) is 45.9 Å². The van der Waals surface area contributed by atoms with Crippen molar-refractivity contribution in [3.05, 3.63) is 95.8 Å². The molecule has 4 rings (SSSR count). The summed E-state index contributed by atoms with van der Waals surface area (Å²) in [5.74, 6) is 1.97. The van der Waals surface area contributed by atoms with E-state index in [1.54, 1.807) is 6.26 Å². The third-order valence-corrected chi connectivity index (χ3v) is 5.27. The molecule has 33 heavy (non-hydrogen) atoms. The molecule has 0 aliphatic rings. The number of hydrogen-bond acceptors (Lipinski definition) is 7. The molecule has 1 N–H and O–H groups in total. The minimum atomic E-state index is -0.630. The Morgan fingerprint density at radius 3 is 2.61 bits per heavy atom. The average Bonchev–Trinajstić information content (AvgIpc) is 3.51. The van der Waals surface area contributed by atoms with E-state index in [2.05, 4.69) is 15.0 Å². The van der Waals surface area contributed by atoms with Crippen molar-refractivity contribution in [2.24, 2.45) is 0 Å². The summed E-state index contributed by atoms with van der Waals surface area (Å²) in [4.78, 5) is 6.63. The van der Waals surface area contributed by atoms with Gasteiger partial charge in [0.1, 0.15) is 5.76 Å². The SMILES string of the molecule is Cc1ccc(-c2noc(CCN(Cc3ccco3)C[C@@H](O)COCc3ccccc3)n2)cc1. The third-order valence-electron chi connectivity index (χ3n) is 5.27. The summed E-state index contributed by atoms with van der Waals surface area (Å²) in [6, 6.07) is 21.7. The minimum Gasteiger partial charge on any atom is -0.468 e. The van der Waals surface area contributed by atoms with Crippen LogP contribution >= 0.6 is 0 Å². The quantitative estimate of drug-likeness (QED) is 0.347. The minimum absolute atomic E-state index is 0.252. The zero-order chi connectivity index (χ0) is 22.9. The largest absolute Gasteiger partial charge is 0.468 e. The Morgan fingerprint density at radius 2 is 1.85 bits per heavy atom. The van der Waals surface area contributed by atoms with E-state index >= 15 is 0 Å². The van der Waals surface area contributed by atoms with Gasteiger partial charge in [0.15, 0.2) is 0 Å². The molecule has 7 heteroatoms. The summed E-state index contributed by atoms with van der Waals surface area (Å²) in [6.45, 7) is 4.41. The Balaban J connectivity index is 1.31. The van der Waals surface area contributed by atoms with Gasteiger partial charge in [0.25, 0.3) is 0 Å². The monoisotopic (exact) mass is 447 g/mol. The first-order valence-electron chi connectivity index (χ1n) is 11.1. The number of aromatic nitrogens is 2. The molecule has 0 unspecified atom stereocenters. The van der Waals surface area contributed by atoms with E-state index < -0.39 is 6.10 Å². The Kier molecular flexibility index (Phi) is 8.03. The van der Waals surface area contributed by atoms with Gasteiger partial charge in [-0.2, -0.15) is 4.98 Å². The van der Waals surface area contributed by atoms with E-state index in [4.69, 9.17) is 13.7 Å². The van der Waals surface area contributed by atoms with Crippen LogP contribution in [0.2, 0.25) is 0 Å². The molecule has 1 atom stereocenters. The summed E-state index contributed by atoms with van der Waals surface area (Å²) in [6.07, 6.45) is 1.59. The van der Waals surface area contributed by atoms with Gasteiger partial charge < -0.3 is 18.8 Å². The number of nitrogens with zero attached hydrogens (tertiary/aromatic N) is 3. The predicted octanol–water partition coefficient (Wildman–Crippen LogP) is 4.26. The number of furan rings is 1. The lowest BCUT2D eigenvalue weighted by Crippen LogP contribution is -2.35. The van der Waals surface area contributed by atoms with Gasteiger partial charge in [0, 0.05) is 25.1 Å². The molecule has 0 saturated heterocycles. The third kappa shape index (κ3) is 7.12. The molecule has 0 fully saturated rings. The summed E-state index contributed by atoms with van der Waals surface area (Å²) >= 11 is 0.